The summed E-state index contributed by atoms with van der Waals surface area (Å²) in [6.45, 7) is 9.33. The van der Waals surface area contributed by atoms with E-state index in [0.29, 0.717) is 0 Å². The second-order valence-electron chi connectivity index (χ2n) is 5.55. The molecule has 0 aliphatic heterocycles. The average Bonchev–Trinajstić information content (AvgIpc) is 2.48. The molecule has 2 aliphatic carbocycles. The predicted molar refractivity (Wildman–Crippen MR) is 61.0 cm³/mol. The van der Waals surface area contributed by atoms with Crippen LogP contribution in [0.2, 0.25) is 0 Å². The number of fused-ring (bicyclic) bond motifs is 1. The van der Waals surface area contributed by atoms with Crippen LogP contribution in [0.5, 0.6) is 0 Å². The third-order valence-corrected chi connectivity index (χ3v) is 5.37. The Bertz CT molecular complexity index is 413. The van der Waals surface area contributed by atoms with E-state index in [1.54, 1.807) is 0 Å². The van der Waals surface area contributed by atoms with Gasteiger partial charge in [0.25, 0.3) is 0 Å². The topological polar surface area (TPSA) is 0 Å². The van der Waals surface area contributed by atoms with Gasteiger partial charge in [-0.15, -0.1) is 0 Å². The van der Waals surface area contributed by atoms with Crippen molar-refractivity contribution in [1.82, 2.24) is 0 Å². The molecule has 1 heteroatoms. The van der Waals surface area contributed by atoms with Crippen LogP contribution in [0.3, 0.4) is 0 Å². The van der Waals surface area contributed by atoms with Crippen LogP contribution in [0, 0.1) is 10.8 Å². The predicted octanol–water partition coefficient (Wildman–Crippen LogP) is 3.91. The third kappa shape index (κ3) is 1.60. The fraction of sp³-hybridized carbons (Fsp3) is 0.429. The fourth-order valence-corrected chi connectivity index (χ4v) is 3.29. The summed E-state index contributed by atoms with van der Waals surface area (Å²) in [5.74, 6) is 0. The van der Waals surface area contributed by atoms with Gasteiger partial charge in [0.05, 0.1) is 0 Å². The minimum atomic E-state index is 0.180. The van der Waals surface area contributed by atoms with Crippen molar-refractivity contribution in [3.8, 4) is 0 Å². The quantitative estimate of drug-likeness (QED) is 0.572. The number of rotatable bonds is 0. The number of allylic oxidation sites excluding steroid dienone is 8. The second-order valence-corrected chi connectivity index (χ2v) is 7.49. The molecule has 0 spiro atoms. The molecular formula is C14H17Hf. The van der Waals surface area contributed by atoms with Gasteiger partial charge in [-0.3, -0.25) is 0 Å². The zero-order valence-electron chi connectivity index (χ0n) is 9.89. The van der Waals surface area contributed by atoms with Crippen molar-refractivity contribution in [3.05, 3.63) is 44.9 Å². The van der Waals surface area contributed by atoms with E-state index in [1.807, 2.05) is 0 Å². The van der Waals surface area contributed by atoms with Crippen LogP contribution < -0.4 is 0 Å². The van der Waals surface area contributed by atoms with Gasteiger partial charge in [-0.05, 0) is 0 Å². The summed E-state index contributed by atoms with van der Waals surface area (Å²) in [7, 11) is 0. The molecular weight excluding hydrogens is 347 g/mol. The van der Waals surface area contributed by atoms with Crippen molar-refractivity contribution < 1.29 is 24.4 Å². The summed E-state index contributed by atoms with van der Waals surface area (Å²) in [4.78, 5) is 0. The minimum absolute atomic E-state index is 0.180. The van der Waals surface area contributed by atoms with E-state index in [2.05, 4.69) is 58.1 Å². The maximum atomic E-state index is 2.36. The molecule has 0 fully saturated rings. The van der Waals surface area contributed by atoms with Gasteiger partial charge in [-0.1, -0.05) is 0 Å². The molecule has 77 valence electrons. The Morgan fingerprint density at radius 1 is 1.13 bits per heavy atom. The first-order valence-corrected chi connectivity index (χ1v) is 7.20. The van der Waals surface area contributed by atoms with Gasteiger partial charge in [0.15, 0.2) is 0 Å². The molecule has 15 heavy (non-hydrogen) atoms. The van der Waals surface area contributed by atoms with Crippen molar-refractivity contribution in [2.45, 2.75) is 27.7 Å². The molecule has 0 aromatic carbocycles. The van der Waals surface area contributed by atoms with E-state index in [1.165, 1.54) is 14.5 Å². The Morgan fingerprint density at radius 2 is 1.80 bits per heavy atom. The molecule has 0 aromatic rings. The number of hydrogen-bond donors (Lipinski definition) is 0. The first-order valence-electron chi connectivity index (χ1n) is 5.40. The zero-order chi connectivity index (χ0) is 11.3. The van der Waals surface area contributed by atoms with E-state index < -0.39 is 0 Å². The van der Waals surface area contributed by atoms with Gasteiger partial charge in [0, 0.05) is 0 Å². The van der Waals surface area contributed by atoms with Crippen LogP contribution >= 0.6 is 0 Å². The van der Waals surface area contributed by atoms with Crippen LogP contribution in [0.4, 0.5) is 0 Å². The van der Waals surface area contributed by atoms with Crippen LogP contribution in [-0.4, -0.2) is 0 Å². The summed E-state index contributed by atoms with van der Waals surface area (Å²) < 4.78 is 1.53. The monoisotopic (exact) mass is 365 g/mol. The molecule has 0 nitrogen and oxygen atoms in total. The van der Waals surface area contributed by atoms with Gasteiger partial charge >= 0.3 is 108 Å². The molecule has 0 aromatic heterocycles. The van der Waals surface area contributed by atoms with Crippen LogP contribution in [0.1, 0.15) is 27.7 Å². The Balaban J connectivity index is 2.51. The summed E-state index contributed by atoms with van der Waals surface area (Å²) in [6, 6.07) is 0. The van der Waals surface area contributed by atoms with Gasteiger partial charge in [0.1, 0.15) is 0 Å². The molecule has 0 bridgehead atoms. The molecule has 1 unspecified atom stereocenters. The van der Waals surface area contributed by atoms with Crippen molar-refractivity contribution in [2.24, 2.45) is 10.8 Å². The fourth-order valence-electron chi connectivity index (χ4n) is 2.20. The first kappa shape index (κ1) is 11.3. The Labute approximate surface area is 107 Å². The van der Waals surface area contributed by atoms with Gasteiger partial charge in [-0.25, -0.2) is 0 Å². The average molecular weight is 364 g/mol. The maximum absolute atomic E-state index is 2.36. The van der Waals surface area contributed by atoms with Gasteiger partial charge < -0.3 is 0 Å². The first-order chi connectivity index (χ1) is 6.86. The van der Waals surface area contributed by atoms with Crippen molar-refractivity contribution in [1.29, 1.82) is 0 Å². The van der Waals surface area contributed by atoms with Gasteiger partial charge in [0.2, 0.25) is 0 Å². The molecule has 0 heterocycles. The standard InChI is InChI=1S/C14H17.Hf/c1-13(2,3)14(4)10-6-8-11-7-5-9-12(11)14;/h5-6,8-10H,1-4H3;. The second kappa shape index (κ2) is 3.41. The third-order valence-electron chi connectivity index (χ3n) is 3.81. The summed E-state index contributed by atoms with van der Waals surface area (Å²) in [5.41, 5.74) is 3.46. The zero-order valence-corrected chi connectivity index (χ0v) is 13.5. The summed E-state index contributed by atoms with van der Waals surface area (Å²) in [5, 5.41) is 0. The SMILES string of the molecule is CC(C)(C)C1(C)C=CC=C2[C]([Hf])=CC=C21. The molecule has 1 atom stereocenters. The Kier molecular flexibility index (Phi) is 2.57. The van der Waals surface area contributed by atoms with Crippen molar-refractivity contribution in [2.75, 3.05) is 0 Å². The van der Waals surface area contributed by atoms with Crippen molar-refractivity contribution in [3.63, 3.8) is 0 Å². The van der Waals surface area contributed by atoms with Crippen LogP contribution in [0.25, 0.3) is 0 Å². The van der Waals surface area contributed by atoms with E-state index in [0.717, 1.165) is 24.4 Å². The Morgan fingerprint density at radius 3 is 2.40 bits per heavy atom. The van der Waals surface area contributed by atoms with Crippen molar-refractivity contribution >= 4 is 0 Å². The molecule has 2 rings (SSSR count). The van der Waals surface area contributed by atoms with Crippen LogP contribution in [0.15, 0.2) is 44.9 Å². The summed E-state index contributed by atoms with van der Waals surface area (Å²) in [6.07, 6.45) is 11.5. The van der Waals surface area contributed by atoms with E-state index in [-0.39, 0.29) is 10.8 Å². The molecule has 0 amide bonds. The normalized spacial score (nSPS) is 29.4. The molecule has 0 N–H and O–H groups in total. The van der Waals surface area contributed by atoms with Gasteiger partial charge in [-0.2, -0.15) is 0 Å². The van der Waals surface area contributed by atoms with Crippen LogP contribution in [-0.2, 0) is 24.4 Å². The molecule has 0 saturated carbocycles. The molecule has 0 saturated heterocycles. The van der Waals surface area contributed by atoms with E-state index in [9.17, 15) is 0 Å². The summed E-state index contributed by atoms with van der Waals surface area (Å²) >= 11 is 1.15. The Hall–Kier alpha value is -0.170. The van der Waals surface area contributed by atoms with E-state index >= 15 is 0 Å². The number of hydrogen-bond acceptors (Lipinski definition) is 0. The van der Waals surface area contributed by atoms with E-state index in [4.69, 9.17) is 0 Å². The molecule has 0 radical (unpaired) electrons. The molecule has 2 aliphatic rings.